The van der Waals surface area contributed by atoms with Gasteiger partial charge >= 0.3 is 5.97 Å². The summed E-state index contributed by atoms with van der Waals surface area (Å²) >= 11 is 0. The second-order valence-electron chi connectivity index (χ2n) is 4.10. The van der Waals surface area contributed by atoms with Crippen LogP contribution in [0, 0.1) is 0 Å². The van der Waals surface area contributed by atoms with E-state index in [-0.39, 0.29) is 22.7 Å². The number of hydrogen-bond acceptors (Lipinski definition) is 6. The Balaban J connectivity index is 2.62. The van der Waals surface area contributed by atoms with Gasteiger partial charge < -0.3 is 9.84 Å². The molecule has 0 saturated carbocycles. The molecule has 0 bridgehead atoms. The second kappa shape index (κ2) is 5.06. The van der Waals surface area contributed by atoms with Crippen LogP contribution in [0.5, 0.6) is 11.5 Å². The predicted molar refractivity (Wildman–Crippen MR) is 70.0 cm³/mol. The Morgan fingerprint density at radius 2 is 2.10 bits per heavy atom. The van der Waals surface area contributed by atoms with E-state index < -0.39 is 21.8 Å². The van der Waals surface area contributed by atoms with Gasteiger partial charge in [0.05, 0.1) is 0 Å². The number of benzene rings is 1. The summed E-state index contributed by atoms with van der Waals surface area (Å²) in [6, 6.07) is 6.00. The van der Waals surface area contributed by atoms with Crippen molar-refractivity contribution in [2.45, 2.75) is 12.7 Å². The monoisotopic (exact) mass is 297 g/mol. The van der Waals surface area contributed by atoms with E-state index in [2.05, 4.69) is 4.98 Å². The Morgan fingerprint density at radius 3 is 2.70 bits per heavy atom. The van der Waals surface area contributed by atoms with E-state index in [0.717, 1.165) is 0 Å². The number of aromatic hydroxyl groups is 1. The number of nitrogens with zero attached hydrogens (tertiary/aromatic N) is 1. The van der Waals surface area contributed by atoms with E-state index in [1.54, 1.807) is 12.1 Å². The van der Waals surface area contributed by atoms with Crippen molar-refractivity contribution in [1.82, 2.24) is 4.98 Å². The highest BCUT2D eigenvalue weighted by molar-refractivity contribution is 7.85. The molecule has 1 aromatic carbocycles. The lowest BCUT2D eigenvalue weighted by Crippen LogP contribution is -2.06. The predicted octanol–water partition coefficient (Wildman–Crippen LogP) is 1.25. The van der Waals surface area contributed by atoms with Gasteiger partial charge in [0.25, 0.3) is 10.1 Å². The van der Waals surface area contributed by atoms with Gasteiger partial charge in [-0.15, -0.1) is 0 Å². The summed E-state index contributed by atoms with van der Waals surface area (Å²) in [6.45, 7) is 1.22. The van der Waals surface area contributed by atoms with E-state index in [0.29, 0.717) is 5.39 Å². The summed E-state index contributed by atoms with van der Waals surface area (Å²) in [5.41, 5.74) is -0.00116. The SMILES string of the molecule is CC(=O)Oc1cccc2cc(O)c(CS(=O)(=O)O)nc12. The van der Waals surface area contributed by atoms with Gasteiger partial charge in [-0.3, -0.25) is 9.35 Å². The lowest BCUT2D eigenvalue weighted by Gasteiger charge is -2.08. The second-order valence-corrected chi connectivity index (χ2v) is 5.55. The van der Waals surface area contributed by atoms with Gasteiger partial charge in [0.1, 0.15) is 22.7 Å². The van der Waals surface area contributed by atoms with Crippen molar-refractivity contribution in [3.8, 4) is 11.5 Å². The molecule has 8 heteroatoms. The maximum absolute atomic E-state index is 11.0. The summed E-state index contributed by atoms with van der Waals surface area (Å²) < 4.78 is 35.5. The molecule has 0 fully saturated rings. The first kappa shape index (κ1) is 14.2. The topological polar surface area (TPSA) is 114 Å². The molecule has 0 saturated heterocycles. The summed E-state index contributed by atoms with van der Waals surface area (Å²) in [5, 5.41) is 10.2. The lowest BCUT2D eigenvalue weighted by atomic mass is 10.2. The molecule has 0 aliphatic heterocycles. The van der Waals surface area contributed by atoms with E-state index >= 15 is 0 Å². The van der Waals surface area contributed by atoms with Crippen LogP contribution in [-0.2, 0) is 20.7 Å². The zero-order valence-corrected chi connectivity index (χ0v) is 11.2. The van der Waals surface area contributed by atoms with Crippen molar-refractivity contribution in [3.63, 3.8) is 0 Å². The number of carbonyl (C=O) groups is 1. The maximum Gasteiger partial charge on any atom is 0.308 e. The number of para-hydroxylation sites is 1. The molecule has 0 amide bonds. The van der Waals surface area contributed by atoms with Gasteiger partial charge in [-0.25, -0.2) is 4.98 Å². The quantitative estimate of drug-likeness (QED) is 0.498. The van der Waals surface area contributed by atoms with Crippen LogP contribution in [0.25, 0.3) is 10.9 Å². The molecule has 2 N–H and O–H groups in total. The van der Waals surface area contributed by atoms with Crippen LogP contribution in [0.1, 0.15) is 12.6 Å². The molecule has 1 heterocycles. The zero-order valence-electron chi connectivity index (χ0n) is 10.4. The molecule has 0 unspecified atom stereocenters. The van der Waals surface area contributed by atoms with Crippen molar-refractivity contribution in [3.05, 3.63) is 30.0 Å². The third kappa shape index (κ3) is 3.22. The van der Waals surface area contributed by atoms with E-state index in [9.17, 15) is 18.3 Å². The maximum atomic E-state index is 11.0. The lowest BCUT2D eigenvalue weighted by molar-refractivity contribution is -0.131. The molecular weight excluding hydrogens is 286 g/mol. The van der Waals surface area contributed by atoms with Gasteiger partial charge in [-0.2, -0.15) is 8.42 Å². The minimum Gasteiger partial charge on any atom is -0.506 e. The van der Waals surface area contributed by atoms with Crippen LogP contribution >= 0.6 is 0 Å². The summed E-state index contributed by atoms with van der Waals surface area (Å²) in [7, 11) is -4.33. The fraction of sp³-hybridized carbons (Fsp3) is 0.167. The standard InChI is InChI=1S/C12H11NO6S/c1-7(14)19-11-4-2-3-8-5-10(15)9(13-12(8)11)6-20(16,17)18/h2-5,15H,6H2,1H3,(H,16,17,18). The summed E-state index contributed by atoms with van der Waals surface area (Å²) in [6.07, 6.45) is 0. The molecular formula is C12H11NO6S. The fourth-order valence-electron chi connectivity index (χ4n) is 1.71. The zero-order chi connectivity index (χ0) is 14.9. The normalized spacial score (nSPS) is 11.5. The van der Waals surface area contributed by atoms with Crippen molar-refractivity contribution in [2.24, 2.45) is 0 Å². The number of fused-ring (bicyclic) bond motifs is 1. The largest absolute Gasteiger partial charge is 0.506 e. The average Bonchev–Trinajstić information content (AvgIpc) is 2.28. The average molecular weight is 297 g/mol. The molecule has 106 valence electrons. The Morgan fingerprint density at radius 1 is 1.40 bits per heavy atom. The Labute approximate surface area is 114 Å². The van der Waals surface area contributed by atoms with Crippen molar-refractivity contribution in [2.75, 3.05) is 0 Å². The summed E-state index contributed by atoms with van der Waals surface area (Å²) in [4.78, 5) is 14.9. The number of aromatic nitrogens is 1. The number of carbonyl (C=O) groups excluding carboxylic acids is 1. The van der Waals surface area contributed by atoms with Gasteiger partial charge in [-0.05, 0) is 12.1 Å². The highest BCUT2D eigenvalue weighted by Gasteiger charge is 2.15. The molecule has 0 spiro atoms. The number of pyridine rings is 1. The number of esters is 1. The minimum atomic E-state index is -4.33. The van der Waals surface area contributed by atoms with Crippen molar-refractivity contribution < 1.29 is 27.6 Å². The smallest absolute Gasteiger partial charge is 0.308 e. The Hall–Kier alpha value is -2.19. The first-order valence-electron chi connectivity index (χ1n) is 5.51. The Kier molecular flexibility index (Phi) is 3.60. The van der Waals surface area contributed by atoms with Crippen LogP contribution < -0.4 is 4.74 Å². The number of hydrogen-bond donors (Lipinski definition) is 2. The van der Waals surface area contributed by atoms with Crippen LogP contribution in [0.3, 0.4) is 0 Å². The molecule has 2 aromatic rings. The Bertz CT molecular complexity index is 784. The first-order chi connectivity index (χ1) is 9.26. The van der Waals surface area contributed by atoms with Gasteiger partial charge in [0.15, 0.2) is 5.75 Å². The molecule has 0 radical (unpaired) electrons. The molecule has 0 aliphatic carbocycles. The summed E-state index contributed by atoms with van der Waals surface area (Å²) in [5.74, 6) is -1.60. The van der Waals surface area contributed by atoms with Gasteiger partial charge in [0.2, 0.25) is 0 Å². The number of ether oxygens (including phenoxy) is 1. The fourth-order valence-corrected chi connectivity index (χ4v) is 2.27. The van der Waals surface area contributed by atoms with Crippen molar-refractivity contribution in [1.29, 1.82) is 0 Å². The van der Waals surface area contributed by atoms with Gasteiger partial charge in [-0.1, -0.05) is 12.1 Å². The number of rotatable bonds is 3. The molecule has 20 heavy (non-hydrogen) atoms. The van der Waals surface area contributed by atoms with Crippen molar-refractivity contribution >= 4 is 27.0 Å². The third-order valence-corrected chi connectivity index (χ3v) is 3.08. The van der Waals surface area contributed by atoms with Crippen LogP contribution in [0.2, 0.25) is 0 Å². The minimum absolute atomic E-state index is 0.145. The van der Waals surface area contributed by atoms with Crippen LogP contribution in [0.4, 0.5) is 0 Å². The highest BCUT2D eigenvalue weighted by atomic mass is 32.2. The van der Waals surface area contributed by atoms with Gasteiger partial charge in [0, 0.05) is 12.3 Å². The van der Waals surface area contributed by atoms with Crippen LogP contribution in [0.15, 0.2) is 24.3 Å². The van der Waals surface area contributed by atoms with E-state index in [4.69, 9.17) is 9.29 Å². The van der Waals surface area contributed by atoms with Crippen LogP contribution in [-0.4, -0.2) is 29.0 Å². The van der Waals surface area contributed by atoms with E-state index in [1.807, 2.05) is 0 Å². The molecule has 7 nitrogen and oxygen atoms in total. The highest BCUT2D eigenvalue weighted by Crippen LogP contribution is 2.29. The molecule has 1 aromatic heterocycles. The third-order valence-electron chi connectivity index (χ3n) is 2.44. The first-order valence-corrected chi connectivity index (χ1v) is 7.12. The molecule has 2 rings (SSSR count). The molecule has 0 aliphatic rings. The van der Waals surface area contributed by atoms with E-state index in [1.165, 1.54) is 19.1 Å². The molecule has 0 atom stereocenters.